The van der Waals surface area contributed by atoms with Crippen LogP contribution in [-0.2, 0) is 4.74 Å². The van der Waals surface area contributed by atoms with Gasteiger partial charge in [-0.05, 0) is 18.3 Å². The van der Waals surface area contributed by atoms with Gasteiger partial charge in [0.2, 0.25) is 0 Å². The van der Waals surface area contributed by atoms with Gasteiger partial charge in [-0.15, -0.1) is 0 Å². The number of hydrogen-bond donors (Lipinski definition) is 0. The van der Waals surface area contributed by atoms with Crippen molar-refractivity contribution < 1.29 is 4.74 Å². The van der Waals surface area contributed by atoms with Crippen molar-refractivity contribution in [2.75, 3.05) is 13.7 Å². The number of hydrogen-bond acceptors (Lipinski definition) is 2. The van der Waals surface area contributed by atoms with Gasteiger partial charge in [-0.2, -0.15) is 0 Å². The van der Waals surface area contributed by atoms with E-state index in [0.717, 1.165) is 30.7 Å². The van der Waals surface area contributed by atoms with Gasteiger partial charge in [0.05, 0.1) is 7.11 Å². The van der Waals surface area contributed by atoms with Gasteiger partial charge in [-0.25, -0.2) is 0 Å². The van der Waals surface area contributed by atoms with Crippen LogP contribution in [0.25, 0.3) is 0 Å². The predicted octanol–water partition coefficient (Wildman–Crippen LogP) is 2.10. The monoisotopic (exact) mass is 155 g/mol. The van der Waals surface area contributed by atoms with E-state index in [9.17, 15) is 0 Å². The van der Waals surface area contributed by atoms with Crippen LogP contribution in [-0.4, -0.2) is 19.6 Å². The Labute approximate surface area is 68.7 Å². The van der Waals surface area contributed by atoms with E-state index in [-0.39, 0.29) is 0 Å². The summed E-state index contributed by atoms with van der Waals surface area (Å²) in [7, 11) is 1.71. The second-order valence-electron chi connectivity index (χ2n) is 3.59. The first-order chi connectivity index (χ1) is 5.22. The zero-order chi connectivity index (χ0) is 8.27. The van der Waals surface area contributed by atoms with Gasteiger partial charge in [0.25, 0.3) is 0 Å². The molecule has 0 unspecified atom stereocenters. The summed E-state index contributed by atoms with van der Waals surface area (Å²) in [6, 6.07) is 0. The van der Waals surface area contributed by atoms with Crippen molar-refractivity contribution >= 4 is 5.90 Å². The van der Waals surface area contributed by atoms with Crippen LogP contribution < -0.4 is 0 Å². The minimum Gasteiger partial charge on any atom is -0.484 e. The molecule has 1 rings (SSSR count). The minimum atomic E-state index is 0.720. The van der Waals surface area contributed by atoms with E-state index >= 15 is 0 Å². The Hall–Kier alpha value is -0.530. The van der Waals surface area contributed by atoms with Crippen molar-refractivity contribution in [3.63, 3.8) is 0 Å². The molecular weight excluding hydrogens is 138 g/mol. The summed E-state index contributed by atoms with van der Waals surface area (Å²) >= 11 is 0. The highest BCUT2D eigenvalue weighted by atomic mass is 16.5. The fourth-order valence-corrected chi connectivity index (χ4v) is 1.61. The normalized spacial score (nSPS) is 32.5. The molecule has 64 valence electrons. The molecule has 0 aromatic rings. The highest BCUT2D eigenvalue weighted by Crippen LogP contribution is 2.19. The maximum atomic E-state index is 5.14. The third-order valence-electron chi connectivity index (χ3n) is 2.14. The maximum absolute atomic E-state index is 5.14. The van der Waals surface area contributed by atoms with Crippen LogP contribution in [0.15, 0.2) is 4.99 Å². The Morgan fingerprint density at radius 2 is 2.09 bits per heavy atom. The maximum Gasteiger partial charge on any atom is 0.183 e. The molecule has 0 N–H and O–H groups in total. The summed E-state index contributed by atoms with van der Waals surface area (Å²) in [6.45, 7) is 5.45. The molecule has 0 radical (unpaired) electrons. The molecule has 1 aliphatic rings. The molecule has 1 aliphatic heterocycles. The lowest BCUT2D eigenvalue weighted by Gasteiger charge is -2.10. The van der Waals surface area contributed by atoms with Crippen LogP contribution in [0.5, 0.6) is 0 Å². The third kappa shape index (κ3) is 2.52. The second-order valence-corrected chi connectivity index (χ2v) is 3.59. The average Bonchev–Trinajstić information content (AvgIpc) is 2.11. The van der Waals surface area contributed by atoms with Gasteiger partial charge in [0.1, 0.15) is 0 Å². The highest BCUT2D eigenvalue weighted by molar-refractivity contribution is 5.76. The molecular formula is C9H17NO. The van der Waals surface area contributed by atoms with E-state index < -0.39 is 0 Å². The van der Waals surface area contributed by atoms with E-state index in [4.69, 9.17) is 4.74 Å². The van der Waals surface area contributed by atoms with Gasteiger partial charge in [0.15, 0.2) is 5.90 Å². The summed E-state index contributed by atoms with van der Waals surface area (Å²) < 4.78 is 5.14. The van der Waals surface area contributed by atoms with Crippen LogP contribution in [0.4, 0.5) is 0 Å². The largest absolute Gasteiger partial charge is 0.484 e. The van der Waals surface area contributed by atoms with Gasteiger partial charge in [-0.1, -0.05) is 13.8 Å². The van der Waals surface area contributed by atoms with Crippen LogP contribution in [0.3, 0.4) is 0 Å². The average molecular weight is 155 g/mol. The Balaban J connectivity index is 2.54. The van der Waals surface area contributed by atoms with Crippen molar-refractivity contribution in [3.8, 4) is 0 Å². The standard InChI is InChI=1S/C9H17NO/c1-7-4-8(2)6-10-9(5-7)11-3/h7-8H,4-6H2,1-3H3/t7-,8-/m1/s1. The van der Waals surface area contributed by atoms with Crippen molar-refractivity contribution in [3.05, 3.63) is 0 Å². The molecule has 2 nitrogen and oxygen atoms in total. The Morgan fingerprint density at radius 3 is 2.73 bits per heavy atom. The molecule has 0 aliphatic carbocycles. The van der Waals surface area contributed by atoms with Gasteiger partial charge >= 0.3 is 0 Å². The quantitative estimate of drug-likeness (QED) is 0.525. The SMILES string of the molecule is COC1=NC[C@H](C)C[C@@H](C)C1. The Bertz CT molecular complexity index is 154. The number of ether oxygens (including phenoxy) is 1. The molecule has 0 amide bonds. The smallest absolute Gasteiger partial charge is 0.183 e. The molecule has 2 atom stereocenters. The molecule has 0 saturated heterocycles. The molecule has 0 aromatic heterocycles. The molecule has 1 heterocycles. The van der Waals surface area contributed by atoms with Crippen molar-refractivity contribution in [2.45, 2.75) is 26.7 Å². The molecule has 0 saturated carbocycles. The minimum absolute atomic E-state index is 0.720. The third-order valence-corrected chi connectivity index (χ3v) is 2.14. The molecule has 11 heavy (non-hydrogen) atoms. The first-order valence-corrected chi connectivity index (χ1v) is 4.29. The first kappa shape index (κ1) is 8.57. The molecule has 0 fully saturated rings. The molecule has 0 aromatic carbocycles. The van der Waals surface area contributed by atoms with Crippen LogP contribution in [0, 0.1) is 11.8 Å². The number of rotatable bonds is 0. The van der Waals surface area contributed by atoms with E-state index in [1.165, 1.54) is 6.42 Å². The molecule has 2 heteroatoms. The zero-order valence-electron chi connectivity index (χ0n) is 7.63. The molecule has 0 spiro atoms. The van der Waals surface area contributed by atoms with Crippen molar-refractivity contribution in [1.82, 2.24) is 0 Å². The molecule has 0 bridgehead atoms. The lowest BCUT2D eigenvalue weighted by Crippen LogP contribution is -2.05. The van der Waals surface area contributed by atoms with E-state index in [1.54, 1.807) is 7.11 Å². The van der Waals surface area contributed by atoms with Crippen LogP contribution >= 0.6 is 0 Å². The summed E-state index contributed by atoms with van der Waals surface area (Å²) in [5, 5.41) is 0. The zero-order valence-corrected chi connectivity index (χ0v) is 7.63. The summed E-state index contributed by atoms with van der Waals surface area (Å²) in [5.74, 6) is 2.38. The second kappa shape index (κ2) is 3.74. The topological polar surface area (TPSA) is 21.6 Å². The fourth-order valence-electron chi connectivity index (χ4n) is 1.61. The van der Waals surface area contributed by atoms with Crippen molar-refractivity contribution in [1.29, 1.82) is 0 Å². The Morgan fingerprint density at radius 1 is 1.36 bits per heavy atom. The van der Waals surface area contributed by atoms with E-state index in [0.29, 0.717) is 0 Å². The van der Waals surface area contributed by atoms with Gasteiger partial charge < -0.3 is 4.74 Å². The summed E-state index contributed by atoms with van der Waals surface area (Å²) in [6.07, 6.45) is 2.29. The lowest BCUT2D eigenvalue weighted by atomic mass is 9.96. The number of nitrogens with zero attached hydrogens (tertiary/aromatic N) is 1. The van der Waals surface area contributed by atoms with Crippen molar-refractivity contribution in [2.24, 2.45) is 16.8 Å². The van der Waals surface area contributed by atoms with E-state index in [2.05, 4.69) is 18.8 Å². The lowest BCUT2D eigenvalue weighted by molar-refractivity contribution is 0.374. The Kier molecular flexibility index (Phi) is 2.92. The van der Waals surface area contributed by atoms with E-state index in [1.807, 2.05) is 0 Å². The number of aliphatic imine (C=N–C) groups is 1. The fraction of sp³-hybridized carbons (Fsp3) is 0.889. The predicted molar refractivity (Wildman–Crippen MR) is 46.9 cm³/mol. The summed E-state index contributed by atoms with van der Waals surface area (Å²) in [5.41, 5.74) is 0. The number of methoxy groups -OCH3 is 1. The highest BCUT2D eigenvalue weighted by Gasteiger charge is 2.15. The van der Waals surface area contributed by atoms with Gasteiger partial charge in [0, 0.05) is 13.0 Å². The van der Waals surface area contributed by atoms with Crippen LogP contribution in [0.1, 0.15) is 26.7 Å². The van der Waals surface area contributed by atoms with Gasteiger partial charge in [-0.3, -0.25) is 4.99 Å². The van der Waals surface area contributed by atoms with Crippen LogP contribution in [0.2, 0.25) is 0 Å². The summed E-state index contributed by atoms with van der Waals surface area (Å²) in [4.78, 5) is 4.37. The first-order valence-electron chi connectivity index (χ1n) is 4.29.